The van der Waals surface area contributed by atoms with Gasteiger partial charge in [0.25, 0.3) is 5.84 Å². The van der Waals surface area contributed by atoms with Gasteiger partial charge >= 0.3 is 0 Å². The van der Waals surface area contributed by atoms with Crippen LogP contribution in [0.4, 0.5) is 11.4 Å². The van der Waals surface area contributed by atoms with Gasteiger partial charge in [-0.05, 0) is 56.1 Å². The molecule has 37 heavy (non-hydrogen) atoms. The topological polar surface area (TPSA) is 155 Å². The number of nitrogens with one attached hydrogen (secondary N) is 3. The van der Waals surface area contributed by atoms with E-state index in [2.05, 4.69) is 32.5 Å². The maximum Gasteiger partial charge on any atom is 0.281 e. The summed E-state index contributed by atoms with van der Waals surface area (Å²) in [6.07, 6.45) is 12.0. The van der Waals surface area contributed by atoms with Crippen LogP contribution < -0.4 is 21.4 Å². The van der Waals surface area contributed by atoms with Crippen LogP contribution in [0.2, 0.25) is 0 Å². The molecule has 1 aliphatic heterocycles. The minimum Gasteiger partial charge on any atom is -0.508 e. The molecule has 1 aromatic carbocycles. The number of anilines is 1. The molecule has 2 aromatic heterocycles. The van der Waals surface area contributed by atoms with Crippen molar-refractivity contribution in [2.24, 2.45) is 10.9 Å². The summed E-state index contributed by atoms with van der Waals surface area (Å²) in [6, 6.07) is 7.62. The van der Waals surface area contributed by atoms with E-state index in [9.17, 15) is 5.11 Å². The highest BCUT2D eigenvalue weighted by Crippen LogP contribution is 2.25. The monoisotopic (exact) mass is 506 g/mol. The van der Waals surface area contributed by atoms with Crippen LogP contribution in [0.1, 0.15) is 36.5 Å². The van der Waals surface area contributed by atoms with E-state index in [1.807, 2.05) is 41.9 Å². The van der Waals surface area contributed by atoms with Crippen molar-refractivity contribution in [3.8, 4) is 5.75 Å². The number of nitrogens with zero attached hydrogens (tertiary/aromatic N) is 3. The number of phenols is 1. The summed E-state index contributed by atoms with van der Waals surface area (Å²) in [4.78, 5) is 8.38. The van der Waals surface area contributed by atoms with Crippen LogP contribution >= 0.6 is 0 Å². The fourth-order valence-electron chi connectivity index (χ4n) is 4.39. The normalized spacial score (nSPS) is 16.2. The zero-order valence-electron chi connectivity index (χ0n) is 21.3. The molecule has 0 amide bonds. The number of nitrogens with two attached hydrogens (primary N) is 1. The minimum atomic E-state index is 0. The number of benzene rings is 1. The van der Waals surface area contributed by atoms with E-state index in [1.165, 1.54) is 13.5 Å². The molecule has 1 fully saturated rings. The number of hydrogen-bond acceptors (Lipinski definition) is 6. The van der Waals surface area contributed by atoms with Crippen molar-refractivity contribution in [2.45, 2.75) is 32.2 Å². The van der Waals surface area contributed by atoms with Crippen molar-refractivity contribution >= 4 is 28.4 Å². The van der Waals surface area contributed by atoms with Gasteiger partial charge in [-0.2, -0.15) is 5.10 Å². The van der Waals surface area contributed by atoms with Crippen LogP contribution in [0.5, 0.6) is 5.75 Å². The second kappa shape index (κ2) is 12.7. The number of phenolic OH excluding ortho intramolecular Hbond substituents is 1. The molecule has 1 unspecified atom stereocenters. The third-order valence-electron chi connectivity index (χ3n) is 6.23. The number of fused-ring (bicyclic) bond motifs is 1. The van der Waals surface area contributed by atoms with Gasteiger partial charge in [0.15, 0.2) is 0 Å². The molecule has 1 saturated heterocycles. The Kier molecular flexibility index (Phi) is 9.42. The molecular formula is C27H36N7O3+. The van der Waals surface area contributed by atoms with Crippen molar-refractivity contribution in [3.63, 3.8) is 0 Å². The number of oxime groups is 1. The van der Waals surface area contributed by atoms with Gasteiger partial charge in [0, 0.05) is 29.9 Å². The Balaban J connectivity index is 0.00000380. The van der Waals surface area contributed by atoms with E-state index in [4.69, 9.17) is 10.6 Å². The molecule has 196 valence electrons. The summed E-state index contributed by atoms with van der Waals surface area (Å²) in [5.41, 5.74) is 12.4. The fourth-order valence-corrected chi connectivity index (χ4v) is 4.39. The molecule has 8 N–H and O–H groups in total. The van der Waals surface area contributed by atoms with Gasteiger partial charge < -0.3 is 26.1 Å². The van der Waals surface area contributed by atoms with Crippen molar-refractivity contribution in [1.82, 2.24) is 14.9 Å². The van der Waals surface area contributed by atoms with Crippen molar-refractivity contribution in [3.05, 3.63) is 78.2 Å². The molecule has 0 spiro atoms. The molecule has 0 radical (unpaired) electrons. The first-order valence-electron chi connectivity index (χ1n) is 12.1. The Morgan fingerprint density at radius 3 is 2.97 bits per heavy atom. The first-order chi connectivity index (χ1) is 17.5. The second-order valence-electron chi connectivity index (χ2n) is 8.65. The summed E-state index contributed by atoms with van der Waals surface area (Å²) in [5, 5.41) is 25.8. The molecule has 0 bridgehead atoms. The van der Waals surface area contributed by atoms with Crippen molar-refractivity contribution < 1.29 is 20.4 Å². The van der Waals surface area contributed by atoms with Crippen LogP contribution in [0.3, 0.4) is 0 Å². The third kappa shape index (κ3) is 6.35. The number of aryl methyl sites for hydroxylation is 1. The van der Waals surface area contributed by atoms with Crippen LogP contribution in [0.15, 0.2) is 66.6 Å². The highest BCUT2D eigenvalue weighted by Gasteiger charge is 2.21. The Morgan fingerprint density at radius 2 is 2.27 bits per heavy atom. The summed E-state index contributed by atoms with van der Waals surface area (Å²) >= 11 is 0. The molecule has 0 aliphatic carbocycles. The van der Waals surface area contributed by atoms with E-state index in [1.54, 1.807) is 24.4 Å². The van der Waals surface area contributed by atoms with Gasteiger partial charge in [-0.25, -0.2) is 9.51 Å². The molecule has 0 saturated carbocycles. The maximum absolute atomic E-state index is 9.87. The molecule has 10 nitrogen and oxygen atoms in total. The maximum atomic E-state index is 9.87. The Morgan fingerprint density at radius 1 is 1.43 bits per heavy atom. The van der Waals surface area contributed by atoms with Crippen LogP contribution in [0.25, 0.3) is 5.52 Å². The fraction of sp³-hybridized carbons (Fsp3) is 0.296. The lowest BCUT2D eigenvalue weighted by Gasteiger charge is -2.15. The smallest absolute Gasteiger partial charge is 0.281 e. The molecule has 1 aliphatic rings. The summed E-state index contributed by atoms with van der Waals surface area (Å²) in [6.45, 7) is 7.56. The zero-order valence-corrected chi connectivity index (χ0v) is 21.3. The highest BCUT2D eigenvalue weighted by atomic mass is 16.6. The van der Waals surface area contributed by atoms with Gasteiger partial charge in [0.05, 0.1) is 17.4 Å². The molecule has 1 atom stereocenters. The number of allylic oxidation sites excluding steroid dienone is 3. The quantitative estimate of drug-likeness (QED) is 0.0914. The second-order valence-corrected chi connectivity index (χ2v) is 8.65. The number of amidine groups is 1. The van der Waals surface area contributed by atoms with E-state index >= 15 is 0 Å². The van der Waals surface area contributed by atoms with Crippen molar-refractivity contribution in [1.29, 1.82) is 0 Å². The average molecular weight is 507 g/mol. The average Bonchev–Trinajstić information content (AvgIpc) is 3.56. The standard InChI is InChI=1S/C27H33N7O2.H2O/c1-4-6-9-24(33-36-3)19-14-25-26(30-15-20-8-7-12-29-20)22(16-31-34(25)17-19)27(28)32-23-11-10-21(35)13-18(23)5-2;/h4,6,9-11,13-14,16-17,20,29-30,35H,1,5,7-8,12,15H2,2-3H3,(H2,28,32);1H2/p+1/b9-6-,33-24-;. The largest absolute Gasteiger partial charge is 0.508 e. The van der Waals surface area contributed by atoms with Crippen LogP contribution in [-0.2, 0) is 11.3 Å². The van der Waals surface area contributed by atoms with Gasteiger partial charge in [-0.1, -0.05) is 30.8 Å². The lowest BCUT2D eigenvalue weighted by atomic mass is 10.1. The highest BCUT2D eigenvalue weighted by molar-refractivity contribution is 6.10. The van der Waals surface area contributed by atoms with E-state index < -0.39 is 0 Å². The number of aromatic hydroxyl groups is 1. The molecule has 4 rings (SSSR count). The molecule has 3 heterocycles. The van der Waals surface area contributed by atoms with Gasteiger partial charge in [0.2, 0.25) is 0 Å². The van der Waals surface area contributed by atoms with Crippen LogP contribution in [0, 0.1) is 0 Å². The lowest BCUT2D eigenvalue weighted by molar-refractivity contribution is -0.354. The summed E-state index contributed by atoms with van der Waals surface area (Å²) < 4.78 is 1.81. The molecular weight excluding hydrogens is 470 g/mol. The Hall–Kier alpha value is -4.15. The predicted molar refractivity (Wildman–Crippen MR) is 148 cm³/mol. The molecule has 10 heteroatoms. The van der Waals surface area contributed by atoms with E-state index in [0.717, 1.165) is 59.5 Å². The third-order valence-corrected chi connectivity index (χ3v) is 6.23. The van der Waals surface area contributed by atoms with Crippen LogP contribution in [-0.4, -0.2) is 58.0 Å². The molecule has 3 aromatic rings. The van der Waals surface area contributed by atoms with Gasteiger partial charge in [-0.3, -0.25) is 5.73 Å². The Labute approximate surface area is 216 Å². The Bertz CT molecular complexity index is 1320. The van der Waals surface area contributed by atoms with Crippen molar-refractivity contribution in [2.75, 3.05) is 25.5 Å². The summed E-state index contributed by atoms with van der Waals surface area (Å²) in [7, 11) is 1.52. The number of rotatable bonds is 10. The minimum absolute atomic E-state index is 0. The lowest BCUT2D eigenvalue weighted by Crippen LogP contribution is -2.70. The zero-order chi connectivity index (χ0) is 25.5. The number of hydrogen-bond donors (Lipinski definition) is 5. The number of aromatic nitrogens is 2. The van der Waals surface area contributed by atoms with E-state index in [0.29, 0.717) is 17.6 Å². The van der Waals surface area contributed by atoms with E-state index in [-0.39, 0.29) is 11.2 Å². The van der Waals surface area contributed by atoms with Gasteiger partial charge in [0.1, 0.15) is 29.8 Å². The SMILES string of the molecule is C=C/C=C\C(=N\OC)c1cc2c(NCC3CCCN3)c(C(N)=[NH+]c3ccc(O)cc3CC)cnn2c1.O. The first-order valence-corrected chi connectivity index (χ1v) is 12.1. The predicted octanol–water partition coefficient (Wildman–Crippen LogP) is 1.15. The van der Waals surface area contributed by atoms with Gasteiger partial charge in [-0.15, -0.1) is 0 Å². The summed E-state index contributed by atoms with van der Waals surface area (Å²) in [5.74, 6) is 0.692. The first kappa shape index (κ1) is 27.4. The number of nitrogen functional groups attached to an aromatic ring is 1.